The Labute approximate surface area is 164 Å². The summed E-state index contributed by atoms with van der Waals surface area (Å²) in [5.41, 5.74) is -0.479. The topological polar surface area (TPSA) is 0 Å². The second-order valence-electron chi connectivity index (χ2n) is 8.43. The maximum Gasteiger partial charge on any atom is 0.419 e. The largest absolute Gasteiger partial charge is 0.419 e. The second-order valence-corrected chi connectivity index (χ2v) is 8.43. The molecule has 2 aliphatic carbocycles. The van der Waals surface area contributed by atoms with Gasteiger partial charge in [-0.1, -0.05) is 18.2 Å². The Hall–Kier alpha value is -1.39. The average Bonchev–Trinajstić information content (AvgIpc) is 2.68. The first kappa shape index (κ1) is 21.3. The fraction of sp³-hybridized carbons (Fsp3) is 0.652. The van der Waals surface area contributed by atoms with Gasteiger partial charge in [0.15, 0.2) is 0 Å². The van der Waals surface area contributed by atoms with Gasteiger partial charge in [0.2, 0.25) is 0 Å². The van der Waals surface area contributed by atoms with Gasteiger partial charge in [-0.25, -0.2) is 4.39 Å². The normalized spacial score (nSPS) is 29.3. The van der Waals surface area contributed by atoms with E-state index in [4.69, 9.17) is 0 Å². The van der Waals surface area contributed by atoms with Crippen LogP contribution >= 0.6 is 0 Å². The van der Waals surface area contributed by atoms with E-state index in [9.17, 15) is 22.0 Å². The summed E-state index contributed by atoms with van der Waals surface area (Å²) in [6.45, 7) is -0.294. The molecule has 3 rings (SSSR count). The summed E-state index contributed by atoms with van der Waals surface area (Å²) in [6.07, 6.45) is 8.72. The van der Waals surface area contributed by atoms with Crippen molar-refractivity contribution in [3.63, 3.8) is 0 Å². The zero-order chi connectivity index (χ0) is 20.1. The summed E-state index contributed by atoms with van der Waals surface area (Å²) in [5.74, 6) is 0.968. The third-order valence-corrected chi connectivity index (χ3v) is 6.71. The van der Waals surface area contributed by atoms with Gasteiger partial charge in [-0.15, -0.1) is 0 Å². The number of alkyl halides is 4. The highest BCUT2D eigenvalue weighted by molar-refractivity contribution is 5.29. The van der Waals surface area contributed by atoms with Crippen LogP contribution in [0.4, 0.5) is 22.0 Å². The maximum atomic E-state index is 13.9. The summed E-state index contributed by atoms with van der Waals surface area (Å²) < 4.78 is 64.2. The van der Waals surface area contributed by atoms with Crippen molar-refractivity contribution in [2.24, 2.45) is 17.8 Å². The van der Waals surface area contributed by atoms with Crippen LogP contribution in [0.25, 0.3) is 0 Å². The Morgan fingerprint density at radius 1 is 0.893 bits per heavy atom. The van der Waals surface area contributed by atoms with Crippen molar-refractivity contribution in [1.29, 1.82) is 0 Å². The first-order valence-corrected chi connectivity index (χ1v) is 10.5. The lowest BCUT2D eigenvalue weighted by atomic mass is 9.68. The molecule has 28 heavy (non-hydrogen) atoms. The van der Waals surface area contributed by atoms with Crippen LogP contribution in [0.15, 0.2) is 30.4 Å². The fourth-order valence-corrected chi connectivity index (χ4v) is 5.10. The summed E-state index contributed by atoms with van der Waals surface area (Å²) >= 11 is 0. The minimum atomic E-state index is -4.64. The molecular formula is C23H29F5. The van der Waals surface area contributed by atoms with Crippen LogP contribution in [0.3, 0.4) is 0 Å². The van der Waals surface area contributed by atoms with Crippen molar-refractivity contribution in [2.75, 3.05) is 6.67 Å². The molecule has 0 radical (unpaired) electrons. The third kappa shape index (κ3) is 5.36. The second kappa shape index (κ2) is 9.41. The summed E-state index contributed by atoms with van der Waals surface area (Å²) in [7, 11) is 0. The molecular weight excluding hydrogens is 371 g/mol. The predicted molar refractivity (Wildman–Crippen MR) is 101 cm³/mol. The average molecular weight is 400 g/mol. The van der Waals surface area contributed by atoms with Gasteiger partial charge >= 0.3 is 6.18 Å². The molecule has 0 aromatic heterocycles. The van der Waals surface area contributed by atoms with Crippen LogP contribution in [-0.4, -0.2) is 6.67 Å². The molecule has 156 valence electrons. The van der Waals surface area contributed by atoms with Crippen molar-refractivity contribution in [2.45, 2.75) is 69.9 Å². The summed E-state index contributed by atoms with van der Waals surface area (Å²) in [4.78, 5) is 0. The monoisotopic (exact) mass is 400 g/mol. The Morgan fingerprint density at radius 2 is 1.50 bits per heavy atom. The maximum absolute atomic E-state index is 13.9. The highest BCUT2D eigenvalue weighted by atomic mass is 19.4. The Bertz CT molecular complexity index is 647. The first-order valence-electron chi connectivity index (χ1n) is 10.5. The highest BCUT2D eigenvalue weighted by Crippen LogP contribution is 2.44. The zero-order valence-corrected chi connectivity index (χ0v) is 16.2. The van der Waals surface area contributed by atoms with E-state index in [0.29, 0.717) is 23.8 Å². The number of halogens is 5. The van der Waals surface area contributed by atoms with Crippen LogP contribution < -0.4 is 0 Å². The Morgan fingerprint density at radius 3 is 2.04 bits per heavy atom. The molecule has 0 nitrogen and oxygen atoms in total. The van der Waals surface area contributed by atoms with Crippen LogP contribution in [0.5, 0.6) is 0 Å². The van der Waals surface area contributed by atoms with Crippen molar-refractivity contribution >= 4 is 0 Å². The number of rotatable bonds is 5. The van der Waals surface area contributed by atoms with Gasteiger partial charge in [-0.3, -0.25) is 4.39 Å². The van der Waals surface area contributed by atoms with E-state index < -0.39 is 17.6 Å². The van der Waals surface area contributed by atoms with Crippen molar-refractivity contribution in [3.8, 4) is 0 Å². The van der Waals surface area contributed by atoms with E-state index in [-0.39, 0.29) is 12.6 Å². The Kier molecular flexibility index (Phi) is 7.16. The fourth-order valence-electron chi connectivity index (χ4n) is 5.10. The van der Waals surface area contributed by atoms with Crippen LogP contribution in [0.2, 0.25) is 0 Å². The first-order chi connectivity index (χ1) is 13.4. The van der Waals surface area contributed by atoms with Crippen LogP contribution in [0, 0.1) is 23.6 Å². The van der Waals surface area contributed by atoms with Crippen LogP contribution in [-0.2, 0) is 6.18 Å². The molecule has 0 N–H and O–H groups in total. The van der Waals surface area contributed by atoms with Gasteiger partial charge < -0.3 is 0 Å². The molecule has 1 aromatic rings. The molecule has 2 saturated carbocycles. The third-order valence-electron chi connectivity index (χ3n) is 6.71. The summed E-state index contributed by atoms with van der Waals surface area (Å²) in [6, 6.07) is 3.42. The number of hydrogen-bond acceptors (Lipinski definition) is 0. The molecule has 0 unspecified atom stereocenters. The highest BCUT2D eigenvalue weighted by Gasteiger charge is 2.35. The van der Waals surface area contributed by atoms with E-state index in [1.165, 1.54) is 18.9 Å². The lowest BCUT2D eigenvalue weighted by molar-refractivity contribution is -0.140. The molecule has 5 heteroatoms. The number of hydrogen-bond donors (Lipinski definition) is 0. The van der Waals surface area contributed by atoms with Crippen molar-refractivity contribution < 1.29 is 22.0 Å². The molecule has 2 aliphatic rings. The number of benzene rings is 1. The van der Waals surface area contributed by atoms with Gasteiger partial charge in [-0.05, 0) is 99.2 Å². The molecule has 0 atom stereocenters. The predicted octanol–water partition coefficient (Wildman–Crippen LogP) is 7.84. The molecule has 0 aliphatic heterocycles. The molecule has 0 bridgehead atoms. The van der Waals surface area contributed by atoms with Gasteiger partial charge in [0.25, 0.3) is 0 Å². The smallest absolute Gasteiger partial charge is 0.251 e. The molecule has 1 aromatic carbocycles. The molecule has 0 spiro atoms. The molecule has 0 heterocycles. The lowest BCUT2D eigenvalue weighted by Crippen LogP contribution is -2.25. The van der Waals surface area contributed by atoms with Gasteiger partial charge in [0, 0.05) is 0 Å². The SMILES string of the molecule is FCC/C=C/[C@H]1CC[C@H](C2CCC(c3ccc(C(F)(F)F)c(F)c3)CC2)CC1. The van der Waals surface area contributed by atoms with E-state index in [2.05, 4.69) is 6.08 Å². The quantitative estimate of drug-likeness (QED) is 0.349. The number of allylic oxidation sites excluding steroid dienone is 2. The minimum Gasteiger partial charge on any atom is -0.251 e. The molecule has 0 amide bonds. The lowest BCUT2D eigenvalue weighted by Gasteiger charge is -2.37. The van der Waals surface area contributed by atoms with Crippen LogP contribution in [0.1, 0.15) is 74.8 Å². The van der Waals surface area contributed by atoms with E-state index in [0.717, 1.165) is 56.6 Å². The standard InChI is InChI=1S/C23H29F5/c24-14-2-1-3-16-4-6-17(7-5-16)18-8-10-19(11-9-18)20-12-13-21(22(25)15-20)23(26,27)28/h1,3,12-13,15-19H,2,4-11,14H2/b3-1+/t16-,17-,18?,19?. The van der Waals surface area contributed by atoms with E-state index in [1.807, 2.05) is 6.08 Å². The minimum absolute atomic E-state index is 0.160. The zero-order valence-electron chi connectivity index (χ0n) is 16.2. The van der Waals surface area contributed by atoms with Gasteiger partial charge in [0.1, 0.15) is 5.82 Å². The van der Waals surface area contributed by atoms with Crippen molar-refractivity contribution in [3.05, 3.63) is 47.3 Å². The van der Waals surface area contributed by atoms with E-state index in [1.54, 1.807) is 0 Å². The molecule has 2 fully saturated rings. The van der Waals surface area contributed by atoms with Gasteiger partial charge in [-0.2, -0.15) is 13.2 Å². The Balaban J connectivity index is 1.49. The summed E-state index contributed by atoms with van der Waals surface area (Å²) in [5, 5.41) is 0. The van der Waals surface area contributed by atoms with Crippen molar-refractivity contribution in [1.82, 2.24) is 0 Å². The van der Waals surface area contributed by atoms with Gasteiger partial charge in [0.05, 0.1) is 12.2 Å². The molecule has 0 saturated heterocycles. The van der Waals surface area contributed by atoms with E-state index >= 15 is 0 Å².